The van der Waals surface area contributed by atoms with Crippen molar-refractivity contribution in [2.45, 2.75) is 25.7 Å². The molecule has 1 rings (SSSR count). The molecule has 0 fully saturated rings. The fraction of sp³-hybridized carbons (Fsp3) is 0.417. The lowest BCUT2D eigenvalue weighted by Crippen LogP contribution is -2.29. The fourth-order valence-electron chi connectivity index (χ4n) is 1.57. The first-order valence-electron chi connectivity index (χ1n) is 5.72. The summed E-state index contributed by atoms with van der Waals surface area (Å²) in [5, 5.41) is 0.499. The number of rotatable bonds is 4. The Hall–Kier alpha value is -1.07. The highest BCUT2D eigenvalue weighted by Gasteiger charge is 2.14. The second-order valence-electron chi connectivity index (χ2n) is 3.74. The molecule has 0 spiro atoms. The molecule has 0 aliphatic heterocycles. The maximum atomic E-state index is 12.0. The number of halogens is 1. The van der Waals surface area contributed by atoms with Crippen LogP contribution in [0.25, 0.3) is 0 Å². The molecule has 0 bridgehead atoms. The Kier molecular flexibility index (Phi) is 5.16. The minimum absolute atomic E-state index is 0.151. The van der Waals surface area contributed by atoms with Crippen molar-refractivity contribution in [2.24, 2.45) is 4.40 Å². The van der Waals surface area contributed by atoms with Crippen LogP contribution < -0.4 is 0 Å². The summed E-state index contributed by atoms with van der Waals surface area (Å²) in [4.78, 5) is 2.03. The molecule has 18 heavy (non-hydrogen) atoms. The molecule has 100 valence electrons. The van der Waals surface area contributed by atoms with Crippen LogP contribution in [0.1, 0.15) is 20.8 Å². The molecule has 1 aromatic rings. The molecule has 0 heterocycles. The van der Waals surface area contributed by atoms with Gasteiger partial charge in [-0.2, -0.15) is 8.42 Å². The highest BCUT2D eigenvalue weighted by molar-refractivity contribution is 7.90. The van der Waals surface area contributed by atoms with E-state index >= 15 is 0 Å². The van der Waals surface area contributed by atoms with Crippen LogP contribution in [0.4, 0.5) is 0 Å². The highest BCUT2D eigenvalue weighted by atomic mass is 35.5. The van der Waals surface area contributed by atoms with Crippen molar-refractivity contribution >= 4 is 27.5 Å². The third kappa shape index (κ3) is 3.71. The van der Waals surface area contributed by atoms with Gasteiger partial charge in [-0.15, -0.1) is 4.40 Å². The van der Waals surface area contributed by atoms with Crippen LogP contribution in [0, 0.1) is 0 Å². The topological polar surface area (TPSA) is 49.7 Å². The summed E-state index contributed by atoms with van der Waals surface area (Å²) in [5.74, 6) is 0.495. The molecule has 0 radical (unpaired) electrons. The minimum Gasteiger partial charge on any atom is -0.360 e. The second kappa shape index (κ2) is 6.20. The zero-order chi connectivity index (χ0) is 13.8. The molecular formula is C12H17ClN2O2S. The van der Waals surface area contributed by atoms with Crippen molar-refractivity contribution in [2.75, 3.05) is 13.1 Å². The van der Waals surface area contributed by atoms with Crippen molar-refractivity contribution in [1.29, 1.82) is 0 Å². The predicted octanol–water partition coefficient (Wildman–Crippen LogP) is 2.79. The fourth-order valence-corrected chi connectivity index (χ4v) is 2.75. The van der Waals surface area contributed by atoms with E-state index in [1.54, 1.807) is 6.92 Å². The first-order chi connectivity index (χ1) is 8.40. The van der Waals surface area contributed by atoms with Crippen molar-refractivity contribution in [3.63, 3.8) is 0 Å². The molecule has 1 aromatic carbocycles. The number of nitrogens with zero attached hydrogens (tertiary/aromatic N) is 2. The van der Waals surface area contributed by atoms with Gasteiger partial charge >= 0.3 is 0 Å². The van der Waals surface area contributed by atoms with Gasteiger partial charge in [0.2, 0.25) is 0 Å². The van der Waals surface area contributed by atoms with Crippen molar-refractivity contribution in [1.82, 2.24) is 4.90 Å². The Balaban J connectivity index is 3.08. The van der Waals surface area contributed by atoms with E-state index in [4.69, 9.17) is 11.6 Å². The molecule has 0 saturated carbocycles. The SMILES string of the molecule is CCN(CC)C(C)=NS(=O)(=O)c1ccc(Cl)cc1. The summed E-state index contributed by atoms with van der Waals surface area (Å²) < 4.78 is 27.9. The summed E-state index contributed by atoms with van der Waals surface area (Å²) in [7, 11) is -3.65. The highest BCUT2D eigenvalue weighted by Crippen LogP contribution is 2.16. The lowest BCUT2D eigenvalue weighted by Gasteiger charge is -2.19. The third-order valence-electron chi connectivity index (χ3n) is 2.58. The summed E-state index contributed by atoms with van der Waals surface area (Å²) in [6, 6.07) is 5.99. The van der Waals surface area contributed by atoms with Crippen molar-refractivity contribution < 1.29 is 8.42 Å². The third-order valence-corrected chi connectivity index (χ3v) is 4.21. The van der Waals surface area contributed by atoms with Crippen LogP contribution in [0.2, 0.25) is 5.02 Å². The van der Waals surface area contributed by atoms with Gasteiger partial charge in [0.05, 0.1) is 4.90 Å². The smallest absolute Gasteiger partial charge is 0.283 e. The molecule has 6 heteroatoms. The lowest BCUT2D eigenvalue weighted by molar-refractivity contribution is 0.463. The lowest BCUT2D eigenvalue weighted by atomic mass is 10.4. The zero-order valence-corrected chi connectivity index (χ0v) is 12.3. The Labute approximate surface area is 113 Å². The van der Waals surface area contributed by atoms with E-state index in [2.05, 4.69) is 4.40 Å². The molecule has 0 atom stereocenters. The molecule has 0 saturated heterocycles. The Morgan fingerprint density at radius 2 is 1.72 bits per heavy atom. The average Bonchev–Trinajstić information content (AvgIpc) is 2.30. The number of hydrogen-bond donors (Lipinski definition) is 0. The van der Waals surface area contributed by atoms with E-state index in [0.29, 0.717) is 10.9 Å². The Bertz CT molecular complexity index is 520. The standard InChI is InChI=1S/C12H17ClN2O2S/c1-4-15(5-2)10(3)14-18(16,17)12-8-6-11(13)7-9-12/h6-9H,4-5H2,1-3H3. The monoisotopic (exact) mass is 288 g/mol. The van der Waals surface area contributed by atoms with Crippen LogP contribution in [0.5, 0.6) is 0 Å². The van der Waals surface area contributed by atoms with Gasteiger partial charge in [0.25, 0.3) is 10.0 Å². The second-order valence-corrected chi connectivity index (χ2v) is 5.78. The number of amidine groups is 1. The molecule has 0 unspecified atom stereocenters. The van der Waals surface area contributed by atoms with Crippen molar-refractivity contribution in [3.05, 3.63) is 29.3 Å². The molecular weight excluding hydrogens is 272 g/mol. The number of hydrogen-bond acceptors (Lipinski definition) is 2. The van der Waals surface area contributed by atoms with E-state index < -0.39 is 10.0 Å². The first-order valence-corrected chi connectivity index (χ1v) is 7.54. The molecule has 0 aliphatic rings. The molecule has 0 N–H and O–H groups in total. The van der Waals surface area contributed by atoms with Crippen LogP contribution in [0.3, 0.4) is 0 Å². The largest absolute Gasteiger partial charge is 0.360 e. The van der Waals surface area contributed by atoms with Gasteiger partial charge in [-0.05, 0) is 45.0 Å². The first kappa shape index (κ1) is 15.0. The molecule has 0 amide bonds. The van der Waals surface area contributed by atoms with Gasteiger partial charge in [-0.1, -0.05) is 11.6 Å². The van der Waals surface area contributed by atoms with Gasteiger partial charge in [0, 0.05) is 18.1 Å². The van der Waals surface area contributed by atoms with E-state index in [9.17, 15) is 8.42 Å². The van der Waals surface area contributed by atoms with E-state index in [1.807, 2.05) is 18.7 Å². The van der Waals surface area contributed by atoms with E-state index in [-0.39, 0.29) is 4.90 Å². The predicted molar refractivity (Wildman–Crippen MR) is 74.7 cm³/mol. The summed E-state index contributed by atoms with van der Waals surface area (Å²) >= 11 is 5.72. The van der Waals surface area contributed by atoms with E-state index in [1.165, 1.54) is 24.3 Å². The molecule has 0 aliphatic carbocycles. The van der Waals surface area contributed by atoms with Gasteiger partial charge in [-0.3, -0.25) is 0 Å². The normalized spacial score (nSPS) is 12.6. The minimum atomic E-state index is -3.65. The van der Waals surface area contributed by atoms with Crippen molar-refractivity contribution in [3.8, 4) is 0 Å². The van der Waals surface area contributed by atoms with Gasteiger partial charge in [-0.25, -0.2) is 0 Å². The Morgan fingerprint density at radius 3 is 2.17 bits per heavy atom. The van der Waals surface area contributed by atoms with Gasteiger partial charge in [0.15, 0.2) is 0 Å². The van der Waals surface area contributed by atoms with Gasteiger partial charge < -0.3 is 4.90 Å². The number of sulfonamides is 1. The average molecular weight is 289 g/mol. The quantitative estimate of drug-likeness (QED) is 0.632. The summed E-state index contributed by atoms with van der Waals surface area (Å²) in [6.45, 7) is 7.05. The number of benzene rings is 1. The maximum absolute atomic E-state index is 12.0. The van der Waals surface area contributed by atoms with Crippen LogP contribution >= 0.6 is 11.6 Å². The summed E-state index contributed by atoms with van der Waals surface area (Å²) in [6.07, 6.45) is 0. The van der Waals surface area contributed by atoms with Crippen LogP contribution in [-0.4, -0.2) is 32.2 Å². The molecule has 4 nitrogen and oxygen atoms in total. The zero-order valence-electron chi connectivity index (χ0n) is 10.7. The summed E-state index contributed by atoms with van der Waals surface area (Å²) in [5.41, 5.74) is 0. The Morgan fingerprint density at radius 1 is 1.22 bits per heavy atom. The van der Waals surface area contributed by atoms with Crippen LogP contribution in [-0.2, 0) is 10.0 Å². The van der Waals surface area contributed by atoms with Gasteiger partial charge in [0.1, 0.15) is 5.84 Å². The molecule has 0 aromatic heterocycles. The van der Waals surface area contributed by atoms with Crippen LogP contribution in [0.15, 0.2) is 33.6 Å². The van der Waals surface area contributed by atoms with E-state index in [0.717, 1.165) is 13.1 Å². The maximum Gasteiger partial charge on any atom is 0.283 e.